The topological polar surface area (TPSA) is 54.9 Å². The Bertz CT molecular complexity index is 916. The highest BCUT2D eigenvalue weighted by Gasteiger charge is 2.18. The molecule has 0 atom stereocenters. The van der Waals surface area contributed by atoms with Crippen LogP contribution in [0.5, 0.6) is 0 Å². The molecule has 26 heavy (non-hydrogen) atoms. The van der Waals surface area contributed by atoms with E-state index in [1.807, 2.05) is 0 Å². The van der Waals surface area contributed by atoms with Crippen molar-refractivity contribution < 1.29 is 4.79 Å². The lowest BCUT2D eigenvalue weighted by Crippen LogP contribution is -2.33. The van der Waals surface area contributed by atoms with E-state index >= 15 is 0 Å². The summed E-state index contributed by atoms with van der Waals surface area (Å²) in [5, 5.41) is 7.11. The molecule has 6 heteroatoms. The Labute approximate surface area is 161 Å². The number of hydrogen-bond acceptors (Lipinski definition) is 5. The third-order valence-electron chi connectivity index (χ3n) is 4.85. The lowest BCUT2D eigenvalue weighted by molar-refractivity contribution is -0.118. The molecule has 134 valence electrons. The van der Waals surface area contributed by atoms with Crippen LogP contribution in [0.1, 0.15) is 24.8 Å². The Hall–Kier alpha value is -1.92. The largest absolute Gasteiger partial charge is 0.355 e. The number of aromatic nitrogens is 2. The molecule has 1 aliphatic rings. The summed E-state index contributed by atoms with van der Waals surface area (Å²) < 4.78 is 0. The zero-order valence-corrected chi connectivity index (χ0v) is 16.3. The molecule has 1 aromatic carbocycles. The Morgan fingerprint density at radius 3 is 2.81 bits per heavy atom. The minimum atomic E-state index is 0.0841. The number of amides is 1. The second-order valence-electron chi connectivity index (χ2n) is 6.76. The van der Waals surface area contributed by atoms with Crippen LogP contribution in [0.3, 0.4) is 0 Å². The first-order valence-electron chi connectivity index (χ1n) is 8.89. The van der Waals surface area contributed by atoms with E-state index in [1.54, 1.807) is 17.7 Å². The van der Waals surface area contributed by atoms with E-state index in [9.17, 15) is 4.79 Å². The number of carbonyl (C=O) groups excluding carboxylic acids is 1. The third kappa shape index (κ3) is 3.76. The molecule has 3 aromatic rings. The van der Waals surface area contributed by atoms with Crippen LogP contribution in [-0.4, -0.2) is 28.2 Å². The second kappa shape index (κ2) is 7.76. The van der Waals surface area contributed by atoms with Crippen molar-refractivity contribution >= 4 is 39.2 Å². The average molecular weight is 384 g/mol. The molecule has 0 spiro atoms. The number of nitrogens with zero attached hydrogens (tertiary/aromatic N) is 2. The van der Waals surface area contributed by atoms with Gasteiger partial charge in [-0.1, -0.05) is 48.0 Å². The van der Waals surface area contributed by atoms with Gasteiger partial charge in [-0.15, -0.1) is 11.3 Å². The summed E-state index contributed by atoms with van der Waals surface area (Å²) in [4.78, 5) is 22.0. The number of benzene rings is 1. The fourth-order valence-electron chi connectivity index (χ4n) is 3.04. The molecule has 2 aromatic heterocycles. The van der Waals surface area contributed by atoms with Gasteiger partial charge in [-0.05, 0) is 31.2 Å². The summed E-state index contributed by atoms with van der Waals surface area (Å²) in [6.45, 7) is 2.90. The van der Waals surface area contributed by atoms with Crippen molar-refractivity contribution in [1.29, 1.82) is 0 Å². The molecule has 0 saturated heterocycles. The van der Waals surface area contributed by atoms with Crippen LogP contribution in [0.25, 0.3) is 21.3 Å². The summed E-state index contributed by atoms with van der Waals surface area (Å²) in [5.74, 6) is 1.16. The van der Waals surface area contributed by atoms with Gasteiger partial charge in [0, 0.05) is 17.5 Å². The van der Waals surface area contributed by atoms with E-state index in [-0.39, 0.29) is 5.91 Å². The van der Waals surface area contributed by atoms with Gasteiger partial charge in [-0.3, -0.25) is 4.79 Å². The fourth-order valence-corrected chi connectivity index (χ4v) is 4.87. The predicted octanol–water partition coefficient (Wildman–Crippen LogP) is 4.68. The molecule has 1 saturated carbocycles. The van der Waals surface area contributed by atoms with Gasteiger partial charge in [-0.2, -0.15) is 0 Å². The summed E-state index contributed by atoms with van der Waals surface area (Å²) >= 11 is 3.12. The van der Waals surface area contributed by atoms with Crippen molar-refractivity contribution in [3.8, 4) is 11.1 Å². The van der Waals surface area contributed by atoms with Crippen LogP contribution in [0.4, 0.5) is 0 Å². The minimum Gasteiger partial charge on any atom is -0.355 e. The molecular formula is C20H21N3OS2. The molecule has 1 amide bonds. The molecule has 1 fully saturated rings. The molecule has 2 heterocycles. The first-order valence-corrected chi connectivity index (χ1v) is 10.8. The van der Waals surface area contributed by atoms with Gasteiger partial charge >= 0.3 is 0 Å². The first-order chi connectivity index (χ1) is 12.7. The van der Waals surface area contributed by atoms with Gasteiger partial charge < -0.3 is 5.32 Å². The molecule has 0 radical (unpaired) electrons. The van der Waals surface area contributed by atoms with Crippen LogP contribution >= 0.6 is 23.1 Å². The summed E-state index contributed by atoms with van der Waals surface area (Å²) in [5.41, 5.74) is 3.54. The smallest absolute Gasteiger partial charge is 0.230 e. The minimum absolute atomic E-state index is 0.0841. The van der Waals surface area contributed by atoms with E-state index in [0.717, 1.165) is 32.9 Å². The van der Waals surface area contributed by atoms with Crippen molar-refractivity contribution in [3.05, 3.63) is 41.5 Å². The van der Waals surface area contributed by atoms with E-state index in [0.29, 0.717) is 11.7 Å². The van der Waals surface area contributed by atoms with Crippen molar-refractivity contribution in [3.63, 3.8) is 0 Å². The molecule has 4 rings (SSSR count). The highest BCUT2D eigenvalue weighted by Crippen LogP contribution is 2.37. The van der Waals surface area contributed by atoms with Crippen LogP contribution in [0, 0.1) is 12.8 Å². The maximum absolute atomic E-state index is 12.2. The Kier molecular flexibility index (Phi) is 5.22. The molecular weight excluding hydrogens is 362 g/mol. The quantitative estimate of drug-likeness (QED) is 0.496. The van der Waals surface area contributed by atoms with Gasteiger partial charge in [0.2, 0.25) is 5.91 Å². The van der Waals surface area contributed by atoms with Gasteiger partial charge in [-0.25, -0.2) is 9.97 Å². The number of thioether (sulfide) groups is 1. The Morgan fingerprint density at radius 2 is 2.08 bits per heavy atom. The van der Waals surface area contributed by atoms with Crippen molar-refractivity contribution in [2.24, 2.45) is 5.92 Å². The highest BCUT2D eigenvalue weighted by molar-refractivity contribution is 8.00. The number of rotatable bonds is 6. The van der Waals surface area contributed by atoms with Gasteiger partial charge in [0.25, 0.3) is 0 Å². The van der Waals surface area contributed by atoms with Gasteiger partial charge in [0.1, 0.15) is 16.2 Å². The molecule has 1 aliphatic carbocycles. The lowest BCUT2D eigenvalue weighted by Gasteiger charge is -2.25. The number of hydrogen-bond donors (Lipinski definition) is 1. The van der Waals surface area contributed by atoms with Crippen LogP contribution in [0.15, 0.2) is 41.0 Å². The molecule has 0 unspecified atom stereocenters. The Morgan fingerprint density at radius 1 is 1.27 bits per heavy atom. The summed E-state index contributed by atoms with van der Waals surface area (Å²) in [6, 6.07) is 8.49. The number of thiophene rings is 1. The van der Waals surface area contributed by atoms with Gasteiger partial charge in [0.15, 0.2) is 0 Å². The van der Waals surface area contributed by atoms with Crippen LogP contribution in [0.2, 0.25) is 0 Å². The SMILES string of the molecule is Cc1ccc(-c2csc3ncnc(SCC(=O)NCC4CCC4)c23)cc1. The number of carbonyl (C=O) groups is 1. The van der Waals surface area contributed by atoms with Crippen molar-refractivity contribution in [2.45, 2.75) is 31.2 Å². The molecule has 4 nitrogen and oxygen atoms in total. The van der Waals surface area contributed by atoms with Crippen LogP contribution < -0.4 is 5.32 Å². The van der Waals surface area contributed by atoms with E-state index < -0.39 is 0 Å². The number of fused-ring (bicyclic) bond motifs is 1. The summed E-state index contributed by atoms with van der Waals surface area (Å²) in [7, 11) is 0. The van der Waals surface area contributed by atoms with Crippen molar-refractivity contribution in [2.75, 3.05) is 12.3 Å². The lowest BCUT2D eigenvalue weighted by atomic mass is 9.85. The zero-order chi connectivity index (χ0) is 17.9. The van der Waals surface area contributed by atoms with Crippen LogP contribution in [-0.2, 0) is 4.79 Å². The maximum atomic E-state index is 12.2. The predicted molar refractivity (Wildman–Crippen MR) is 109 cm³/mol. The third-order valence-corrected chi connectivity index (χ3v) is 6.73. The highest BCUT2D eigenvalue weighted by atomic mass is 32.2. The monoisotopic (exact) mass is 383 g/mol. The Balaban J connectivity index is 1.52. The van der Waals surface area contributed by atoms with Gasteiger partial charge in [0.05, 0.1) is 11.1 Å². The van der Waals surface area contributed by atoms with Crippen molar-refractivity contribution in [1.82, 2.24) is 15.3 Å². The molecule has 0 bridgehead atoms. The maximum Gasteiger partial charge on any atom is 0.230 e. The molecule has 1 N–H and O–H groups in total. The number of nitrogens with one attached hydrogen (secondary N) is 1. The average Bonchev–Trinajstić information content (AvgIpc) is 3.04. The van der Waals surface area contributed by atoms with E-state index in [2.05, 4.69) is 51.9 Å². The van der Waals surface area contributed by atoms with E-state index in [4.69, 9.17) is 0 Å². The fraction of sp³-hybridized carbons (Fsp3) is 0.350. The number of aryl methyl sites for hydroxylation is 1. The molecule has 0 aliphatic heterocycles. The second-order valence-corrected chi connectivity index (χ2v) is 8.59. The summed E-state index contributed by atoms with van der Waals surface area (Å²) in [6.07, 6.45) is 5.38. The van der Waals surface area contributed by atoms with E-state index in [1.165, 1.54) is 36.6 Å². The standard InChI is InChI=1S/C20H21N3OS2/c1-13-5-7-15(8-6-13)16-10-25-19-18(16)20(23-12-22-19)26-11-17(24)21-9-14-3-2-4-14/h5-8,10,12,14H,2-4,9,11H2,1H3,(H,21,24). The normalized spacial score (nSPS) is 14.3. The zero-order valence-electron chi connectivity index (χ0n) is 14.7. The first kappa shape index (κ1) is 17.5.